The highest BCUT2D eigenvalue weighted by atomic mass is 127. The van der Waals surface area contributed by atoms with E-state index >= 15 is 0 Å². The summed E-state index contributed by atoms with van der Waals surface area (Å²) in [5.74, 6) is 1.51. The number of piperidine rings is 1. The molecule has 1 fully saturated rings. The van der Waals surface area contributed by atoms with Crippen molar-refractivity contribution in [2.75, 3.05) is 31.1 Å². The van der Waals surface area contributed by atoms with Crippen LogP contribution in [0.4, 0.5) is 10.1 Å². The molecule has 2 N–H and O–H groups in total. The normalized spacial score (nSPS) is 16.9. The number of benzene rings is 1. The maximum Gasteiger partial charge on any atom is 0.191 e. The molecular formula is C22H33FIN5O. The zero-order valence-electron chi connectivity index (χ0n) is 18.3. The highest BCUT2D eigenvalue weighted by Gasteiger charge is 2.23. The molecule has 0 spiro atoms. The zero-order chi connectivity index (χ0) is 20.8. The van der Waals surface area contributed by atoms with Crippen molar-refractivity contribution in [1.29, 1.82) is 0 Å². The molecule has 1 saturated heterocycles. The van der Waals surface area contributed by atoms with Crippen molar-refractivity contribution in [2.24, 2.45) is 4.99 Å². The second kappa shape index (κ2) is 11.5. The van der Waals surface area contributed by atoms with Gasteiger partial charge in [0.05, 0.1) is 11.4 Å². The second-order valence-electron chi connectivity index (χ2n) is 7.70. The molecule has 1 aromatic carbocycles. The van der Waals surface area contributed by atoms with Crippen LogP contribution in [-0.2, 0) is 6.42 Å². The molecule has 0 saturated carbocycles. The van der Waals surface area contributed by atoms with E-state index in [-0.39, 0.29) is 35.8 Å². The molecule has 1 aliphatic rings. The first-order valence-corrected chi connectivity index (χ1v) is 10.5. The Hall–Kier alpha value is -1.84. The van der Waals surface area contributed by atoms with E-state index < -0.39 is 0 Å². The molecule has 1 aliphatic heterocycles. The Morgan fingerprint density at radius 1 is 1.33 bits per heavy atom. The topological polar surface area (TPSA) is 65.7 Å². The average Bonchev–Trinajstić information content (AvgIpc) is 3.02. The summed E-state index contributed by atoms with van der Waals surface area (Å²) in [5.41, 5.74) is 3.82. The van der Waals surface area contributed by atoms with E-state index in [1.807, 2.05) is 32.9 Å². The monoisotopic (exact) mass is 529 g/mol. The van der Waals surface area contributed by atoms with Crippen LogP contribution in [0.15, 0.2) is 27.7 Å². The lowest BCUT2D eigenvalue weighted by atomic mass is 10.0. The molecule has 0 aliphatic carbocycles. The Balaban J connectivity index is 0.00000320. The molecule has 0 bridgehead atoms. The molecule has 0 amide bonds. The predicted octanol–water partition coefficient (Wildman–Crippen LogP) is 4.12. The first-order chi connectivity index (χ1) is 14.0. The molecule has 2 heterocycles. The number of nitrogens with one attached hydrogen (secondary N) is 2. The van der Waals surface area contributed by atoms with Crippen molar-refractivity contribution in [3.63, 3.8) is 0 Å². The fourth-order valence-electron chi connectivity index (χ4n) is 3.83. The van der Waals surface area contributed by atoms with E-state index in [1.165, 1.54) is 0 Å². The van der Waals surface area contributed by atoms with Crippen LogP contribution in [0.2, 0.25) is 0 Å². The predicted molar refractivity (Wildman–Crippen MR) is 131 cm³/mol. The van der Waals surface area contributed by atoms with Crippen LogP contribution in [0.3, 0.4) is 0 Å². The van der Waals surface area contributed by atoms with Gasteiger partial charge < -0.3 is 20.1 Å². The summed E-state index contributed by atoms with van der Waals surface area (Å²) in [7, 11) is 0. The van der Waals surface area contributed by atoms with Crippen molar-refractivity contribution in [1.82, 2.24) is 15.8 Å². The number of rotatable bonds is 6. The quantitative estimate of drug-likeness (QED) is 0.335. The molecule has 1 unspecified atom stereocenters. The van der Waals surface area contributed by atoms with Crippen molar-refractivity contribution >= 4 is 35.6 Å². The van der Waals surface area contributed by atoms with Crippen LogP contribution in [0.5, 0.6) is 0 Å². The third-order valence-electron chi connectivity index (χ3n) is 5.36. The van der Waals surface area contributed by atoms with Gasteiger partial charge in [0.25, 0.3) is 0 Å². The summed E-state index contributed by atoms with van der Waals surface area (Å²) in [6, 6.07) is 5.52. The molecular weight excluding hydrogens is 496 g/mol. The number of nitrogens with zero attached hydrogens (tertiary/aromatic N) is 3. The first-order valence-electron chi connectivity index (χ1n) is 10.5. The van der Waals surface area contributed by atoms with Crippen LogP contribution < -0.4 is 15.5 Å². The number of guanidine groups is 1. The lowest BCUT2D eigenvalue weighted by Crippen LogP contribution is -2.51. The minimum atomic E-state index is -0.156. The Labute approximate surface area is 195 Å². The van der Waals surface area contributed by atoms with Gasteiger partial charge in [0.15, 0.2) is 5.96 Å². The third kappa shape index (κ3) is 6.33. The first kappa shape index (κ1) is 24.4. The minimum absolute atomic E-state index is 0. The minimum Gasteiger partial charge on any atom is -0.367 e. The highest BCUT2D eigenvalue weighted by molar-refractivity contribution is 14.0. The van der Waals surface area contributed by atoms with Gasteiger partial charge in [-0.15, -0.1) is 24.0 Å². The van der Waals surface area contributed by atoms with Crippen LogP contribution >= 0.6 is 24.0 Å². The summed E-state index contributed by atoms with van der Waals surface area (Å²) >= 11 is 0. The van der Waals surface area contributed by atoms with Gasteiger partial charge in [-0.05, 0) is 64.7 Å². The Morgan fingerprint density at radius 3 is 2.83 bits per heavy atom. The molecule has 3 rings (SSSR count). The zero-order valence-corrected chi connectivity index (χ0v) is 20.6. The molecule has 30 heavy (non-hydrogen) atoms. The van der Waals surface area contributed by atoms with E-state index in [0.717, 1.165) is 67.4 Å². The van der Waals surface area contributed by atoms with E-state index in [1.54, 1.807) is 6.07 Å². The smallest absolute Gasteiger partial charge is 0.191 e. The van der Waals surface area contributed by atoms with E-state index in [2.05, 4.69) is 27.6 Å². The Morgan fingerprint density at radius 2 is 2.13 bits per heavy atom. The van der Waals surface area contributed by atoms with Gasteiger partial charge in [0.1, 0.15) is 11.6 Å². The standard InChI is InChI=1S/C22H32FN5O.HI/c1-5-24-22(25-11-10-19-16(3)27-29-17(19)4)26-18-7-6-12-28(14-18)21-13-15(2)8-9-20(21)23;/h8-9,13,18H,5-7,10-12,14H2,1-4H3,(H2,24,25,26);1H. The summed E-state index contributed by atoms with van der Waals surface area (Å²) < 4.78 is 19.5. The lowest BCUT2D eigenvalue weighted by Gasteiger charge is -2.35. The number of aliphatic imine (C=N–C) groups is 1. The van der Waals surface area contributed by atoms with Gasteiger partial charge in [-0.2, -0.15) is 0 Å². The Kier molecular flexibility index (Phi) is 9.38. The number of aromatic nitrogens is 1. The molecule has 0 radical (unpaired) electrons. The molecule has 6 nitrogen and oxygen atoms in total. The molecule has 1 atom stereocenters. The Bertz CT molecular complexity index is 835. The maximum absolute atomic E-state index is 14.3. The third-order valence-corrected chi connectivity index (χ3v) is 5.36. The number of hydrogen-bond donors (Lipinski definition) is 2. The van der Waals surface area contributed by atoms with Crippen molar-refractivity contribution in [3.05, 3.63) is 46.6 Å². The SMILES string of the molecule is CCNC(=NCCc1c(C)noc1C)NC1CCCN(c2cc(C)ccc2F)C1.I. The van der Waals surface area contributed by atoms with E-state index in [4.69, 9.17) is 9.52 Å². The largest absolute Gasteiger partial charge is 0.367 e. The number of anilines is 1. The van der Waals surface area contributed by atoms with Crippen molar-refractivity contribution in [3.8, 4) is 0 Å². The highest BCUT2D eigenvalue weighted by Crippen LogP contribution is 2.24. The van der Waals surface area contributed by atoms with Crippen molar-refractivity contribution < 1.29 is 8.91 Å². The fourth-order valence-corrected chi connectivity index (χ4v) is 3.83. The second-order valence-corrected chi connectivity index (χ2v) is 7.70. The summed E-state index contributed by atoms with van der Waals surface area (Å²) in [6.45, 7) is 11.0. The van der Waals surface area contributed by atoms with Crippen LogP contribution in [0.25, 0.3) is 0 Å². The average molecular weight is 529 g/mol. The fraction of sp³-hybridized carbons (Fsp3) is 0.545. The molecule has 2 aromatic rings. The summed E-state index contributed by atoms with van der Waals surface area (Å²) in [4.78, 5) is 6.86. The summed E-state index contributed by atoms with van der Waals surface area (Å²) in [6.07, 6.45) is 2.85. The van der Waals surface area contributed by atoms with Gasteiger partial charge >= 0.3 is 0 Å². The molecule has 1 aromatic heterocycles. The number of hydrogen-bond acceptors (Lipinski definition) is 4. The number of aryl methyl sites for hydroxylation is 3. The van der Waals surface area contributed by atoms with Gasteiger partial charge in [-0.3, -0.25) is 4.99 Å². The van der Waals surface area contributed by atoms with Gasteiger partial charge in [0.2, 0.25) is 0 Å². The summed E-state index contributed by atoms with van der Waals surface area (Å²) in [5, 5.41) is 10.9. The molecule has 8 heteroatoms. The van der Waals surface area contributed by atoms with E-state index in [0.29, 0.717) is 12.2 Å². The lowest BCUT2D eigenvalue weighted by molar-refractivity contribution is 0.392. The number of halogens is 2. The molecule has 166 valence electrons. The van der Waals surface area contributed by atoms with Crippen LogP contribution in [0.1, 0.15) is 42.3 Å². The van der Waals surface area contributed by atoms with Gasteiger partial charge in [-0.25, -0.2) is 4.39 Å². The maximum atomic E-state index is 14.3. The van der Waals surface area contributed by atoms with Gasteiger partial charge in [-0.1, -0.05) is 11.2 Å². The van der Waals surface area contributed by atoms with Crippen LogP contribution in [-0.4, -0.2) is 43.3 Å². The van der Waals surface area contributed by atoms with E-state index in [9.17, 15) is 4.39 Å². The van der Waals surface area contributed by atoms with Crippen LogP contribution in [0, 0.1) is 26.6 Å². The van der Waals surface area contributed by atoms with Gasteiger partial charge in [0, 0.05) is 37.8 Å². The van der Waals surface area contributed by atoms with Crippen molar-refractivity contribution in [2.45, 2.75) is 53.0 Å².